The Hall–Kier alpha value is -0.630. The highest BCUT2D eigenvalue weighted by Gasteiger charge is 2.05. The summed E-state index contributed by atoms with van der Waals surface area (Å²) in [5, 5.41) is 7.83. The molecular formula is C17H29IN4S. The lowest BCUT2D eigenvalue weighted by molar-refractivity contribution is 0.665. The molecule has 0 amide bonds. The zero-order valence-corrected chi connectivity index (χ0v) is 17.6. The molecule has 0 aliphatic heterocycles. The maximum Gasteiger partial charge on any atom is 0.191 e. The Morgan fingerprint density at radius 3 is 2.74 bits per heavy atom. The summed E-state index contributed by atoms with van der Waals surface area (Å²) in [7, 11) is 0. The van der Waals surface area contributed by atoms with E-state index < -0.39 is 0 Å². The lowest BCUT2D eigenvalue weighted by Crippen LogP contribution is -2.37. The van der Waals surface area contributed by atoms with Crippen LogP contribution in [-0.2, 0) is 6.54 Å². The number of nitrogens with one attached hydrogen (secondary N) is 2. The van der Waals surface area contributed by atoms with E-state index in [4.69, 9.17) is 0 Å². The highest BCUT2D eigenvalue weighted by molar-refractivity contribution is 14.0. The number of aryl methyl sites for hydroxylation is 2. The molecule has 1 aromatic heterocycles. The molecule has 0 aromatic carbocycles. The van der Waals surface area contributed by atoms with Crippen molar-refractivity contribution in [3.05, 3.63) is 27.2 Å². The number of guanidine groups is 1. The van der Waals surface area contributed by atoms with Crippen LogP contribution in [0.2, 0.25) is 0 Å². The topological polar surface area (TPSA) is 49.3 Å². The van der Waals surface area contributed by atoms with Crippen LogP contribution in [0, 0.1) is 13.8 Å². The average Bonchev–Trinajstić information content (AvgIpc) is 2.84. The standard InChI is InChI=1S/C17H28N4S.HI/c1-4-18-17(19-11-10-15-8-6-5-7-9-15)20-12-16-21-13(2)14(3)22-16;/h8H,4-7,9-12H2,1-3H3,(H2,18,19,20);1H. The zero-order valence-electron chi connectivity index (χ0n) is 14.4. The summed E-state index contributed by atoms with van der Waals surface area (Å²) in [6.45, 7) is 8.75. The van der Waals surface area contributed by atoms with Crippen molar-refractivity contribution < 1.29 is 0 Å². The molecule has 0 spiro atoms. The monoisotopic (exact) mass is 448 g/mol. The van der Waals surface area contributed by atoms with Crippen molar-refractivity contribution in [2.24, 2.45) is 4.99 Å². The minimum Gasteiger partial charge on any atom is -0.357 e. The van der Waals surface area contributed by atoms with Crippen LogP contribution < -0.4 is 10.6 Å². The number of thiazole rings is 1. The van der Waals surface area contributed by atoms with Gasteiger partial charge in [0.25, 0.3) is 0 Å². The molecular weight excluding hydrogens is 419 g/mol. The molecule has 4 nitrogen and oxygen atoms in total. The first-order valence-electron chi connectivity index (χ1n) is 8.32. The van der Waals surface area contributed by atoms with Crippen LogP contribution >= 0.6 is 35.3 Å². The van der Waals surface area contributed by atoms with Crippen LogP contribution in [0.25, 0.3) is 0 Å². The van der Waals surface area contributed by atoms with Gasteiger partial charge in [-0.3, -0.25) is 0 Å². The molecule has 0 saturated carbocycles. The molecule has 1 aliphatic rings. The van der Waals surface area contributed by atoms with Gasteiger partial charge in [0.1, 0.15) is 5.01 Å². The van der Waals surface area contributed by atoms with Crippen LogP contribution in [0.1, 0.15) is 54.6 Å². The highest BCUT2D eigenvalue weighted by atomic mass is 127. The SMILES string of the molecule is CCNC(=NCc1nc(C)c(C)s1)NCCC1=CCCCC1.I. The second-order valence-corrected chi connectivity index (χ2v) is 7.02. The summed E-state index contributed by atoms with van der Waals surface area (Å²) in [4.78, 5) is 10.5. The number of aromatic nitrogens is 1. The van der Waals surface area contributed by atoms with Crippen molar-refractivity contribution in [2.75, 3.05) is 13.1 Å². The molecule has 0 bridgehead atoms. The van der Waals surface area contributed by atoms with E-state index in [0.717, 1.165) is 36.2 Å². The zero-order chi connectivity index (χ0) is 15.8. The number of halogens is 1. The third-order valence-corrected chi connectivity index (χ3v) is 4.97. The molecule has 6 heteroatoms. The van der Waals surface area contributed by atoms with Gasteiger partial charge in [-0.15, -0.1) is 35.3 Å². The molecule has 23 heavy (non-hydrogen) atoms. The van der Waals surface area contributed by atoms with E-state index in [1.54, 1.807) is 16.9 Å². The summed E-state index contributed by atoms with van der Waals surface area (Å²) in [5.41, 5.74) is 2.72. The largest absolute Gasteiger partial charge is 0.357 e. The van der Waals surface area contributed by atoms with Gasteiger partial charge < -0.3 is 10.6 Å². The summed E-state index contributed by atoms with van der Waals surface area (Å²) < 4.78 is 0. The van der Waals surface area contributed by atoms with Crippen molar-refractivity contribution in [2.45, 2.75) is 59.4 Å². The number of hydrogen-bond acceptors (Lipinski definition) is 3. The van der Waals surface area contributed by atoms with Crippen molar-refractivity contribution in [1.29, 1.82) is 0 Å². The Kier molecular flexibility index (Phi) is 9.78. The van der Waals surface area contributed by atoms with Crippen LogP contribution in [0.4, 0.5) is 0 Å². The Balaban J connectivity index is 0.00000264. The van der Waals surface area contributed by atoms with E-state index in [0.29, 0.717) is 6.54 Å². The van der Waals surface area contributed by atoms with Crippen LogP contribution in [0.15, 0.2) is 16.6 Å². The molecule has 130 valence electrons. The minimum atomic E-state index is 0. The predicted octanol–water partition coefficient (Wildman–Crippen LogP) is 4.32. The van der Waals surface area contributed by atoms with Gasteiger partial charge in [-0.25, -0.2) is 9.98 Å². The van der Waals surface area contributed by atoms with Crippen molar-refractivity contribution in [3.8, 4) is 0 Å². The Morgan fingerprint density at radius 1 is 1.30 bits per heavy atom. The molecule has 0 fully saturated rings. The van der Waals surface area contributed by atoms with Gasteiger partial charge in [-0.2, -0.15) is 0 Å². The molecule has 1 aliphatic carbocycles. The maximum absolute atomic E-state index is 4.64. The van der Waals surface area contributed by atoms with Gasteiger partial charge in [-0.05, 0) is 52.9 Å². The second-order valence-electron chi connectivity index (χ2n) is 5.73. The van der Waals surface area contributed by atoms with Crippen LogP contribution in [0.3, 0.4) is 0 Å². The highest BCUT2D eigenvalue weighted by Crippen LogP contribution is 2.19. The van der Waals surface area contributed by atoms with E-state index in [-0.39, 0.29) is 24.0 Å². The smallest absolute Gasteiger partial charge is 0.191 e. The fourth-order valence-electron chi connectivity index (χ4n) is 2.57. The Morgan fingerprint density at radius 2 is 2.13 bits per heavy atom. The number of hydrogen-bond donors (Lipinski definition) is 2. The summed E-state index contributed by atoms with van der Waals surface area (Å²) >= 11 is 1.74. The molecule has 0 saturated heterocycles. The average molecular weight is 448 g/mol. The van der Waals surface area contributed by atoms with Crippen molar-refractivity contribution >= 4 is 41.3 Å². The van der Waals surface area contributed by atoms with Gasteiger partial charge in [0.2, 0.25) is 0 Å². The summed E-state index contributed by atoms with van der Waals surface area (Å²) in [6.07, 6.45) is 8.77. The Labute approximate surface area is 161 Å². The van der Waals surface area contributed by atoms with Gasteiger partial charge in [0.15, 0.2) is 5.96 Å². The lowest BCUT2D eigenvalue weighted by atomic mass is 9.97. The normalized spacial score (nSPS) is 14.9. The number of aliphatic imine (C=N–C) groups is 1. The quantitative estimate of drug-likeness (QED) is 0.295. The maximum atomic E-state index is 4.64. The van der Waals surface area contributed by atoms with E-state index in [1.807, 2.05) is 0 Å². The molecule has 0 unspecified atom stereocenters. The lowest BCUT2D eigenvalue weighted by Gasteiger charge is -2.14. The third-order valence-electron chi connectivity index (χ3n) is 3.91. The first-order valence-corrected chi connectivity index (χ1v) is 9.13. The molecule has 0 radical (unpaired) electrons. The number of allylic oxidation sites excluding steroid dienone is 1. The van der Waals surface area contributed by atoms with Crippen molar-refractivity contribution in [1.82, 2.24) is 15.6 Å². The molecule has 1 heterocycles. The third kappa shape index (κ3) is 7.20. The number of rotatable bonds is 6. The van der Waals surface area contributed by atoms with Crippen LogP contribution in [0.5, 0.6) is 0 Å². The van der Waals surface area contributed by atoms with Crippen molar-refractivity contribution in [3.63, 3.8) is 0 Å². The van der Waals surface area contributed by atoms with E-state index in [9.17, 15) is 0 Å². The Bertz CT molecular complexity index is 517. The van der Waals surface area contributed by atoms with E-state index in [2.05, 4.69) is 47.5 Å². The fraction of sp³-hybridized carbons (Fsp3) is 0.647. The second kappa shape index (κ2) is 11.0. The molecule has 0 atom stereocenters. The molecule has 2 rings (SSSR count). The minimum absolute atomic E-state index is 0. The van der Waals surface area contributed by atoms with Crippen LogP contribution in [-0.4, -0.2) is 24.0 Å². The first kappa shape index (κ1) is 20.4. The predicted molar refractivity (Wildman–Crippen MR) is 111 cm³/mol. The summed E-state index contributed by atoms with van der Waals surface area (Å²) in [6, 6.07) is 0. The van der Waals surface area contributed by atoms with Gasteiger partial charge >= 0.3 is 0 Å². The molecule has 1 aromatic rings. The first-order chi connectivity index (χ1) is 10.7. The van der Waals surface area contributed by atoms with E-state index in [1.165, 1.54) is 30.6 Å². The van der Waals surface area contributed by atoms with Gasteiger partial charge in [0, 0.05) is 18.0 Å². The van der Waals surface area contributed by atoms with Gasteiger partial charge in [-0.1, -0.05) is 11.6 Å². The molecule has 2 N–H and O–H groups in total. The van der Waals surface area contributed by atoms with E-state index >= 15 is 0 Å². The number of nitrogens with zero attached hydrogens (tertiary/aromatic N) is 2. The van der Waals surface area contributed by atoms with Gasteiger partial charge in [0.05, 0.1) is 12.2 Å². The fourth-order valence-corrected chi connectivity index (χ4v) is 3.43. The summed E-state index contributed by atoms with van der Waals surface area (Å²) in [5.74, 6) is 0.893.